The second kappa shape index (κ2) is 2.68. The summed E-state index contributed by atoms with van der Waals surface area (Å²) in [5.74, 6) is 0.602. The lowest BCUT2D eigenvalue weighted by Gasteiger charge is -2.37. The monoisotopic (exact) mass is 151 g/mol. The predicted octanol–water partition coefficient (Wildman–Crippen LogP) is 1.23. The Hall–Kier alpha value is -0.790. The third-order valence-electron chi connectivity index (χ3n) is 2.61. The molecule has 0 unspecified atom stereocenters. The molecule has 1 aliphatic carbocycles. The maximum absolute atomic E-state index is 11.0. The van der Waals surface area contributed by atoms with Crippen LogP contribution in [0.25, 0.3) is 0 Å². The van der Waals surface area contributed by atoms with Gasteiger partial charge in [-0.3, -0.25) is 4.79 Å². The first-order valence-corrected chi connectivity index (χ1v) is 4.33. The van der Waals surface area contributed by atoms with Crippen LogP contribution in [0.5, 0.6) is 0 Å². The molecule has 1 aliphatic heterocycles. The molecule has 0 aromatic carbocycles. The van der Waals surface area contributed by atoms with Gasteiger partial charge < -0.3 is 5.32 Å². The molecule has 11 heavy (non-hydrogen) atoms. The third kappa shape index (κ3) is 1.17. The average molecular weight is 151 g/mol. The van der Waals surface area contributed by atoms with E-state index in [0.29, 0.717) is 12.0 Å². The van der Waals surface area contributed by atoms with E-state index < -0.39 is 0 Å². The van der Waals surface area contributed by atoms with E-state index in [-0.39, 0.29) is 5.91 Å². The summed E-state index contributed by atoms with van der Waals surface area (Å²) in [5.41, 5.74) is 0. The summed E-state index contributed by atoms with van der Waals surface area (Å²) in [6.07, 6.45) is 8.80. The molecule has 0 bridgehead atoms. The molecule has 1 saturated heterocycles. The summed E-state index contributed by atoms with van der Waals surface area (Å²) in [6, 6.07) is 0.493. The topological polar surface area (TPSA) is 29.1 Å². The molecule has 2 heteroatoms. The summed E-state index contributed by atoms with van der Waals surface area (Å²) in [4.78, 5) is 11.0. The second-order valence-corrected chi connectivity index (χ2v) is 3.35. The van der Waals surface area contributed by atoms with Crippen LogP contribution in [-0.2, 0) is 4.79 Å². The first kappa shape index (κ1) is 6.89. The van der Waals surface area contributed by atoms with E-state index in [1.807, 2.05) is 0 Å². The number of amides is 1. The molecule has 2 atom stereocenters. The van der Waals surface area contributed by atoms with Crippen LogP contribution in [0.15, 0.2) is 12.2 Å². The van der Waals surface area contributed by atoms with Crippen LogP contribution in [-0.4, -0.2) is 11.9 Å². The largest absolute Gasteiger partial charge is 0.352 e. The van der Waals surface area contributed by atoms with Crippen LogP contribution in [0.2, 0.25) is 0 Å². The van der Waals surface area contributed by atoms with Crippen LogP contribution in [0.1, 0.15) is 25.7 Å². The number of carbonyl (C=O) groups is 1. The Kier molecular flexibility index (Phi) is 1.68. The summed E-state index contributed by atoms with van der Waals surface area (Å²) in [7, 11) is 0. The lowest BCUT2D eigenvalue weighted by atomic mass is 9.82. The number of nitrogens with one attached hydrogen (secondary N) is 1. The lowest BCUT2D eigenvalue weighted by Crippen LogP contribution is -2.57. The highest BCUT2D eigenvalue weighted by Crippen LogP contribution is 2.26. The summed E-state index contributed by atoms with van der Waals surface area (Å²) < 4.78 is 0. The summed E-state index contributed by atoms with van der Waals surface area (Å²) >= 11 is 0. The van der Waals surface area contributed by atoms with E-state index >= 15 is 0 Å². The molecule has 1 fully saturated rings. The zero-order valence-electron chi connectivity index (χ0n) is 6.55. The van der Waals surface area contributed by atoms with Gasteiger partial charge in [-0.1, -0.05) is 12.2 Å². The SMILES string of the molecule is O=C1N[C@@H]2CC/C=C\CC[C@H]12. The van der Waals surface area contributed by atoms with Crippen LogP contribution >= 0.6 is 0 Å². The molecule has 2 rings (SSSR count). The minimum absolute atomic E-state index is 0.269. The minimum Gasteiger partial charge on any atom is -0.352 e. The zero-order valence-corrected chi connectivity index (χ0v) is 6.55. The van der Waals surface area contributed by atoms with E-state index in [1.165, 1.54) is 0 Å². The van der Waals surface area contributed by atoms with E-state index in [1.54, 1.807) is 0 Å². The van der Waals surface area contributed by atoms with E-state index in [2.05, 4.69) is 17.5 Å². The number of β-lactam (4-membered cyclic amide) rings is 1. The first-order chi connectivity index (χ1) is 5.38. The molecule has 0 spiro atoms. The molecular formula is C9H13NO. The van der Waals surface area contributed by atoms with Crippen LogP contribution in [0, 0.1) is 5.92 Å². The fourth-order valence-electron chi connectivity index (χ4n) is 1.87. The molecule has 2 nitrogen and oxygen atoms in total. The fourth-order valence-corrected chi connectivity index (χ4v) is 1.87. The minimum atomic E-state index is 0.269. The van der Waals surface area contributed by atoms with Crippen molar-refractivity contribution in [1.29, 1.82) is 0 Å². The molecule has 60 valence electrons. The van der Waals surface area contributed by atoms with Crippen LogP contribution in [0.4, 0.5) is 0 Å². The molecule has 0 aromatic rings. The normalized spacial score (nSPS) is 39.1. The lowest BCUT2D eigenvalue weighted by molar-refractivity contribution is -0.135. The van der Waals surface area contributed by atoms with Gasteiger partial charge in [0.05, 0.1) is 5.92 Å². The third-order valence-corrected chi connectivity index (χ3v) is 2.61. The van der Waals surface area contributed by atoms with Crippen LogP contribution < -0.4 is 5.32 Å². The van der Waals surface area contributed by atoms with Crippen molar-refractivity contribution in [3.63, 3.8) is 0 Å². The Balaban J connectivity index is 2.00. The first-order valence-electron chi connectivity index (χ1n) is 4.33. The fraction of sp³-hybridized carbons (Fsp3) is 0.667. The standard InChI is InChI=1S/C9H13NO/c11-9-7-5-3-1-2-4-6-8(7)10-9/h1-2,7-8H,3-6H2,(H,10,11)/b2-1-/t7-,8+/m0/s1. The van der Waals surface area contributed by atoms with Gasteiger partial charge in [0.15, 0.2) is 0 Å². The van der Waals surface area contributed by atoms with Crippen molar-refractivity contribution in [3.05, 3.63) is 12.2 Å². The highest BCUT2D eigenvalue weighted by atomic mass is 16.2. The quantitative estimate of drug-likeness (QED) is 0.409. The van der Waals surface area contributed by atoms with Crippen molar-refractivity contribution in [2.75, 3.05) is 0 Å². The second-order valence-electron chi connectivity index (χ2n) is 3.35. The Labute approximate surface area is 66.7 Å². The number of hydrogen-bond acceptors (Lipinski definition) is 1. The molecule has 1 amide bonds. The van der Waals surface area contributed by atoms with Gasteiger partial charge in [-0.2, -0.15) is 0 Å². The van der Waals surface area contributed by atoms with Gasteiger partial charge in [0, 0.05) is 6.04 Å². The van der Waals surface area contributed by atoms with Gasteiger partial charge in [-0.05, 0) is 25.7 Å². The van der Waals surface area contributed by atoms with Gasteiger partial charge in [0.25, 0.3) is 0 Å². The molecule has 0 aromatic heterocycles. The van der Waals surface area contributed by atoms with Crippen molar-refractivity contribution in [2.24, 2.45) is 5.92 Å². The highest BCUT2D eigenvalue weighted by molar-refractivity contribution is 5.85. The van der Waals surface area contributed by atoms with Crippen molar-refractivity contribution >= 4 is 5.91 Å². The van der Waals surface area contributed by atoms with Gasteiger partial charge in [-0.15, -0.1) is 0 Å². The maximum atomic E-state index is 11.0. The Morgan fingerprint density at radius 2 is 2.00 bits per heavy atom. The van der Waals surface area contributed by atoms with E-state index in [9.17, 15) is 4.79 Å². The number of fused-ring (bicyclic) bond motifs is 1. The maximum Gasteiger partial charge on any atom is 0.225 e. The Morgan fingerprint density at radius 1 is 1.27 bits per heavy atom. The molecule has 0 saturated carbocycles. The van der Waals surface area contributed by atoms with Gasteiger partial charge in [0.1, 0.15) is 0 Å². The highest BCUT2D eigenvalue weighted by Gasteiger charge is 2.37. The van der Waals surface area contributed by atoms with Gasteiger partial charge in [-0.25, -0.2) is 0 Å². The molecule has 0 radical (unpaired) electrons. The molecule has 1 N–H and O–H groups in total. The van der Waals surface area contributed by atoms with Gasteiger partial charge in [0.2, 0.25) is 5.91 Å². The summed E-state index contributed by atoms with van der Waals surface area (Å²) in [5, 5.41) is 2.94. The molecule has 1 heterocycles. The summed E-state index contributed by atoms with van der Waals surface area (Å²) in [6.45, 7) is 0. The smallest absolute Gasteiger partial charge is 0.225 e. The number of hydrogen-bond donors (Lipinski definition) is 1. The van der Waals surface area contributed by atoms with E-state index in [0.717, 1.165) is 25.7 Å². The van der Waals surface area contributed by atoms with Gasteiger partial charge >= 0.3 is 0 Å². The molecular weight excluding hydrogens is 138 g/mol. The van der Waals surface area contributed by atoms with Crippen LogP contribution in [0.3, 0.4) is 0 Å². The van der Waals surface area contributed by atoms with Crippen molar-refractivity contribution in [3.8, 4) is 0 Å². The number of rotatable bonds is 0. The van der Waals surface area contributed by atoms with Crippen molar-refractivity contribution < 1.29 is 4.79 Å². The number of allylic oxidation sites excluding steroid dienone is 2. The predicted molar refractivity (Wildman–Crippen MR) is 43.0 cm³/mol. The van der Waals surface area contributed by atoms with Crippen molar-refractivity contribution in [2.45, 2.75) is 31.7 Å². The Bertz CT molecular complexity index is 198. The zero-order chi connectivity index (χ0) is 7.68. The average Bonchev–Trinajstić information content (AvgIpc) is 1.96. The Morgan fingerprint density at radius 3 is 2.73 bits per heavy atom. The number of carbonyl (C=O) groups excluding carboxylic acids is 1. The van der Waals surface area contributed by atoms with Crippen molar-refractivity contribution in [1.82, 2.24) is 5.32 Å². The van der Waals surface area contributed by atoms with E-state index in [4.69, 9.17) is 0 Å². The molecule has 2 aliphatic rings.